The third-order valence-electron chi connectivity index (χ3n) is 3.74. The molecule has 0 aliphatic carbocycles. The van der Waals surface area contributed by atoms with Gasteiger partial charge in [-0.05, 0) is 19.1 Å². The van der Waals surface area contributed by atoms with E-state index in [1.165, 1.54) is 0 Å². The van der Waals surface area contributed by atoms with E-state index in [9.17, 15) is 22.0 Å². The Morgan fingerprint density at radius 2 is 1.82 bits per heavy atom. The minimum atomic E-state index is -4.03. The van der Waals surface area contributed by atoms with Crippen LogP contribution in [0.1, 0.15) is 6.92 Å². The van der Waals surface area contributed by atoms with E-state index in [0.29, 0.717) is 19.2 Å². The highest BCUT2D eigenvalue weighted by atomic mass is 32.2. The van der Waals surface area contributed by atoms with Gasteiger partial charge in [0, 0.05) is 32.2 Å². The molecule has 1 aliphatic heterocycles. The van der Waals surface area contributed by atoms with Crippen molar-refractivity contribution in [2.75, 3.05) is 26.2 Å². The van der Waals surface area contributed by atoms with Gasteiger partial charge in [0.15, 0.2) is 0 Å². The van der Waals surface area contributed by atoms with Crippen LogP contribution in [0.2, 0.25) is 0 Å². The van der Waals surface area contributed by atoms with Gasteiger partial charge in [-0.15, -0.1) is 0 Å². The van der Waals surface area contributed by atoms with E-state index < -0.39 is 38.5 Å². The van der Waals surface area contributed by atoms with E-state index in [0.717, 1.165) is 16.4 Å². The number of hydrogen-bond acceptors (Lipinski definition) is 4. The van der Waals surface area contributed by atoms with Crippen LogP contribution < -0.4 is 5.73 Å². The Hall–Kier alpha value is -1.58. The Morgan fingerprint density at radius 3 is 2.32 bits per heavy atom. The van der Waals surface area contributed by atoms with Gasteiger partial charge >= 0.3 is 0 Å². The van der Waals surface area contributed by atoms with Crippen LogP contribution >= 0.6 is 0 Å². The molecular weight excluding hydrogens is 316 g/mol. The second kappa shape index (κ2) is 6.27. The Balaban J connectivity index is 2.14. The van der Waals surface area contributed by atoms with Crippen molar-refractivity contribution in [2.45, 2.75) is 17.9 Å². The molecule has 1 aliphatic rings. The van der Waals surface area contributed by atoms with E-state index in [2.05, 4.69) is 0 Å². The minimum absolute atomic E-state index is 0.108. The second-order valence-corrected chi connectivity index (χ2v) is 7.00. The van der Waals surface area contributed by atoms with Crippen LogP contribution in [-0.2, 0) is 14.8 Å². The molecule has 1 atom stereocenters. The first-order valence-electron chi connectivity index (χ1n) is 6.72. The minimum Gasteiger partial charge on any atom is -0.368 e. The molecule has 1 heterocycles. The lowest BCUT2D eigenvalue weighted by Crippen LogP contribution is -2.54. The number of nitrogens with zero attached hydrogens (tertiary/aromatic N) is 2. The number of benzene rings is 1. The maximum Gasteiger partial charge on any atom is 0.246 e. The standard InChI is InChI=1S/C13H17F2N3O3S/c1-9(13(16)19)17-4-6-18(7-5-17)22(20,21)12-3-2-10(14)8-11(12)15/h2-3,8-9H,4-7H2,1H3,(H2,16,19)/t9-/m1/s1. The third kappa shape index (κ3) is 3.26. The molecule has 0 spiro atoms. The summed E-state index contributed by atoms with van der Waals surface area (Å²) in [6.07, 6.45) is 0. The summed E-state index contributed by atoms with van der Waals surface area (Å²) in [7, 11) is -4.03. The predicted molar refractivity (Wildman–Crippen MR) is 75.3 cm³/mol. The van der Waals surface area contributed by atoms with Gasteiger partial charge in [0.1, 0.15) is 16.5 Å². The second-order valence-electron chi connectivity index (χ2n) is 5.09. The fourth-order valence-electron chi connectivity index (χ4n) is 2.33. The van der Waals surface area contributed by atoms with Crippen molar-refractivity contribution in [2.24, 2.45) is 5.73 Å². The monoisotopic (exact) mass is 333 g/mol. The number of hydrogen-bond donors (Lipinski definition) is 1. The highest BCUT2D eigenvalue weighted by Gasteiger charge is 2.32. The fraction of sp³-hybridized carbons (Fsp3) is 0.462. The summed E-state index contributed by atoms with van der Waals surface area (Å²) in [6, 6.07) is 1.87. The van der Waals surface area contributed by atoms with Crippen molar-refractivity contribution in [1.82, 2.24) is 9.21 Å². The molecule has 122 valence electrons. The number of halogens is 2. The van der Waals surface area contributed by atoms with Gasteiger partial charge in [-0.25, -0.2) is 17.2 Å². The molecule has 0 radical (unpaired) electrons. The van der Waals surface area contributed by atoms with Crippen LogP contribution in [-0.4, -0.2) is 55.8 Å². The van der Waals surface area contributed by atoms with Crippen LogP contribution in [0.3, 0.4) is 0 Å². The van der Waals surface area contributed by atoms with E-state index >= 15 is 0 Å². The van der Waals surface area contributed by atoms with Crippen molar-refractivity contribution in [3.05, 3.63) is 29.8 Å². The zero-order valence-corrected chi connectivity index (χ0v) is 12.8. The molecule has 1 aromatic rings. The first-order chi connectivity index (χ1) is 10.2. The molecule has 1 amide bonds. The summed E-state index contributed by atoms with van der Waals surface area (Å²) in [4.78, 5) is 12.3. The lowest BCUT2D eigenvalue weighted by atomic mass is 10.2. The van der Waals surface area contributed by atoms with E-state index in [-0.39, 0.29) is 13.1 Å². The zero-order valence-electron chi connectivity index (χ0n) is 12.0. The number of carbonyl (C=O) groups is 1. The largest absolute Gasteiger partial charge is 0.368 e. The van der Waals surface area contributed by atoms with Crippen molar-refractivity contribution < 1.29 is 22.0 Å². The summed E-state index contributed by atoms with van der Waals surface area (Å²) in [5, 5.41) is 0. The molecule has 0 bridgehead atoms. The van der Waals surface area contributed by atoms with Crippen LogP contribution in [0, 0.1) is 11.6 Å². The van der Waals surface area contributed by atoms with Gasteiger partial charge in [0.05, 0.1) is 6.04 Å². The molecule has 0 aromatic heterocycles. The Morgan fingerprint density at radius 1 is 1.23 bits per heavy atom. The highest BCUT2D eigenvalue weighted by Crippen LogP contribution is 2.21. The Labute approximate surface area is 127 Å². The first-order valence-corrected chi connectivity index (χ1v) is 8.16. The number of nitrogens with two attached hydrogens (primary N) is 1. The van der Waals surface area contributed by atoms with Gasteiger partial charge < -0.3 is 5.73 Å². The van der Waals surface area contributed by atoms with Gasteiger partial charge in [-0.1, -0.05) is 0 Å². The van der Waals surface area contributed by atoms with Crippen LogP contribution in [0.5, 0.6) is 0 Å². The SMILES string of the molecule is C[C@H](C(N)=O)N1CCN(S(=O)(=O)c2ccc(F)cc2F)CC1. The van der Waals surface area contributed by atoms with Crippen LogP contribution in [0.25, 0.3) is 0 Å². The number of primary amides is 1. The maximum absolute atomic E-state index is 13.7. The zero-order chi connectivity index (χ0) is 16.5. The molecule has 9 heteroatoms. The molecule has 2 N–H and O–H groups in total. The van der Waals surface area contributed by atoms with Gasteiger partial charge in [-0.2, -0.15) is 4.31 Å². The molecule has 1 fully saturated rings. The predicted octanol–water partition coefficient (Wildman–Crippen LogP) is 0.145. The Bertz CT molecular complexity index is 673. The number of sulfonamides is 1. The topological polar surface area (TPSA) is 83.7 Å². The van der Waals surface area contributed by atoms with Gasteiger partial charge in [0.25, 0.3) is 0 Å². The third-order valence-corrected chi connectivity index (χ3v) is 5.68. The number of piperazine rings is 1. The molecule has 1 saturated heterocycles. The van der Waals surface area contributed by atoms with Crippen LogP contribution in [0.4, 0.5) is 8.78 Å². The number of rotatable bonds is 4. The Kier molecular flexibility index (Phi) is 4.78. The maximum atomic E-state index is 13.7. The molecule has 0 unspecified atom stereocenters. The smallest absolute Gasteiger partial charge is 0.246 e. The fourth-order valence-corrected chi connectivity index (χ4v) is 3.80. The lowest BCUT2D eigenvalue weighted by molar-refractivity contribution is -0.123. The average Bonchev–Trinajstić information content (AvgIpc) is 2.46. The van der Waals surface area contributed by atoms with Crippen molar-refractivity contribution in [3.8, 4) is 0 Å². The first kappa shape index (κ1) is 16.8. The van der Waals surface area contributed by atoms with E-state index in [4.69, 9.17) is 5.73 Å². The van der Waals surface area contributed by atoms with E-state index in [1.807, 2.05) is 0 Å². The van der Waals surface area contributed by atoms with E-state index in [1.54, 1.807) is 11.8 Å². The number of carbonyl (C=O) groups excluding carboxylic acids is 1. The summed E-state index contributed by atoms with van der Waals surface area (Å²) >= 11 is 0. The summed E-state index contributed by atoms with van der Waals surface area (Å²) in [5.74, 6) is -2.44. The van der Waals surface area contributed by atoms with Gasteiger partial charge in [-0.3, -0.25) is 9.69 Å². The summed E-state index contributed by atoms with van der Waals surface area (Å²) < 4.78 is 52.5. The summed E-state index contributed by atoms with van der Waals surface area (Å²) in [5.41, 5.74) is 5.21. The molecule has 22 heavy (non-hydrogen) atoms. The molecule has 2 rings (SSSR count). The quantitative estimate of drug-likeness (QED) is 0.850. The van der Waals surface area contributed by atoms with Crippen molar-refractivity contribution in [3.63, 3.8) is 0 Å². The summed E-state index contributed by atoms with van der Waals surface area (Å²) in [6.45, 7) is 2.48. The highest BCUT2D eigenvalue weighted by molar-refractivity contribution is 7.89. The van der Waals surface area contributed by atoms with Crippen LogP contribution in [0.15, 0.2) is 23.1 Å². The number of amides is 1. The average molecular weight is 333 g/mol. The molecule has 0 saturated carbocycles. The molecular formula is C13H17F2N3O3S. The van der Waals surface area contributed by atoms with Crippen molar-refractivity contribution >= 4 is 15.9 Å². The van der Waals surface area contributed by atoms with Gasteiger partial charge in [0.2, 0.25) is 15.9 Å². The van der Waals surface area contributed by atoms with Crippen molar-refractivity contribution in [1.29, 1.82) is 0 Å². The molecule has 1 aromatic carbocycles. The molecule has 6 nitrogen and oxygen atoms in total. The normalized spacial score (nSPS) is 19.0. The lowest BCUT2D eigenvalue weighted by Gasteiger charge is -2.36.